The minimum Gasteiger partial charge on any atom is -0.448 e. The number of hydrogen-bond donors (Lipinski definition) is 0. The molecule has 1 aliphatic heterocycles. The van der Waals surface area contributed by atoms with Crippen molar-refractivity contribution in [1.29, 1.82) is 0 Å². The van der Waals surface area contributed by atoms with Crippen LogP contribution < -0.4 is 0 Å². The van der Waals surface area contributed by atoms with E-state index in [4.69, 9.17) is 0 Å². The second-order valence-electron chi connectivity index (χ2n) is 4.63. The third kappa shape index (κ3) is 3.11. The molecule has 2 fully saturated rings. The van der Waals surface area contributed by atoms with Crippen molar-refractivity contribution in [1.82, 2.24) is 9.80 Å². The van der Waals surface area contributed by atoms with Gasteiger partial charge >= 0.3 is 6.98 Å². The van der Waals surface area contributed by atoms with Crippen LogP contribution in [0.1, 0.15) is 19.3 Å². The highest BCUT2D eigenvalue weighted by atomic mass is 19.4. The summed E-state index contributed by atoms with van der Waals surface area (Å²) in [6.07, 6.45) is 3.08. The molecule has 2 rings (SSSR count). The fourth-order valence-corrected chi connectivity index (χ4v) is 2.36. The smallest absolute Gasteiger partial charge is 0.448 e. The molecule has 0 amide bonds. The Morgan fingerprint density at radius 3 is 2.00 bits per heavy atom. The largest absolute Gasteiger partial charge is 0.492 e. The van der Waals surface area contributed by atoms with Crippen molar-refractivity contribution >= 4 is 6.98 Å². The van der Waals surface area contributed by atoms with Gasteiger partial charge in [-0.25, -0.2) is 0 Å². The number of halogens is 3. The van der Waals surface area contributed by atoms with Crippen LogP contribution >= 0.6 is 0 Å². The molecular formula is C9H17BF3N2-. The lowest BCUT2D eigenvalue weighted by Gasteiger charge is -2.44. The van der Waals surface area contributed by atoms with Crippen LogP contribution in [-0.2, 0) is 0 Å². The molecule has 15 heavy (non-hydrogen) atoms. The second kappa shape index (κ2) is 4.33. The highest BCUT2D eigenvalue weighted by Gasteiger charge is 2.31. The Bertz CT molecular complexity index is 210. The Kier molecular flexibility index (Phi) is 3.26. The van der Waals surface area contributed by atoms with Crippen LogP contribution in [0, 0.1) is 0 Å². The van der Waals surface area contributed by atoms with E-state index in [2.05, 4.69) is 4.90 Å². The van der Waals surface area contributed by atoms with Crippen LogP contribution in [-0.4, -0.2) is 55.4 Å². The Hall–Kier alpha value is -0.225. The molecule has 0 spiro atoms. The molecule has 0 atom stereocenters. The predicted octanol–water partition coefficient (Wildman–Crippen LogP) is 1.54. The van der Waals surface area contributed by atoms with E-state index in [1.54, 1.807) is 0 Å². The number of hydrogen-bond acceptors (Lipinski definition) is 2. The van der Waals surface area contributed by atoms with Crippen molar-refractivity contribution in [2.75, 3.05) is 32.6 Å². The molecule has 0 aromatic heterocycles. The molecule has 0 bridgehead atoms. The lowest BCUT2D eigenvalue weighted by Crippen LogP contribution is -2.54. The molecular weight excluding hydrogens is 204 g/mol. The zero-order chi connectivity index (χ0) is 10.9. The van der Waals surface area contributed by atoms with E-state index in [1.165, 1.54) is 24.2 Å². The van der Waals surface area contributed by atoms with Gasteiger partial charge in [0.1, 0.15) is 0 Å². The molecule has 1 aliphatic carbocycles. The highest BCUT2D eigenvalue weighted by molar-refractivity contribution is 6.58. The minimum absolute atomic E-state index is 0.581. The van der Waals surface area contributed by atoms with Gasteiger partial charge in [-0.1, -0.05) is 6.42 Å². The summed E-state index contributed by atoms with van der Waals surface area (Å²) in [5.74, 6) is 0. The summed E-state index contributed by atoms with van der Waals surface area (Å²) in [4.78, 5) is 3.89. The molecule has 0 aromatic rings. The monoisotopic (exact) mass is 221 g/mol. The summed E-state index contributed by atoms with van der Waals surface area (Å²) in [6, 6.07) is 0.670. The molecule has 2 nitrogen and oxygen atoms in total. The van der Waals surface area contributed by atoms with Crippen LogP contribution in [0.5, 0.6) is 0 Å². The molecule has 0 aromatic carbocycles. The summed E-state index contributed by atoms with van der Waals surface area (Å²) in [7, 11) is 0. The zero-order valence-electron chi connectivity index (χ0n) is 8.84. The first-order chi connectivity index (χ1) is 7.04. The molecule has 88 valence electrons. The molecule has 0 radical (unpaired) electrons. The van der Waals surface area contributed by atoms with E-state index in [0.717, 1.165) is 13.1 Å². The van der Waals surface area contributed by atoms with Crippen molar-refractivity contribution in [2.24, 2.45) is 0 Å². The van der Waals surface area contributed by atoms with E-state index in [-0.39, 0.29) is 0 Å². The van der Waals surface area contributed by atoms with E-state index in [0.29, 0.717) is 19.1 Å². The van der Waals surface area contributed by atoms with Gasteiger partial charge in [-0.15, -0.1) is 0 Å². The lowest BCUT2D eigenvalue weighted by molar-refractivity contribution is 0.0654. The van der Waals surface area contributed by atoms with Gasteiger partial charge in [0.25, 0.3) is 0 Å². The molecule has 0 N–H and O–H groups in total. The second-order valence-corrected chi connectivity index (χ2v) is 4.63. The molecule has 1 saturated heterocycles. The van der Waals surface area contributed by atoms with E-state index < -0.39 is 13.4 Å². The molecule has 2 aliphatic rings. The zero-order valence-corrected chi connectivity index (χ0v) is 8.84. The topological polar surface area (TPSA) is 6.48 Å². The summed E-state index contributed by atoms with van der Waals surface area (Å²) < 4.78 is 36.5. The Morgan fingerprint density at radius 2 is 1.60 bits per heavy atom. The number of nitrogens with zero attached hydrogens (tertiary/aromatic N) is 2. The first kappa shape index (κ1) is 11.3. The Labute approximate surface area is 88.5 Å². The van der Waals surface area contributed by atoms with Crippen LogP contribution in [0.4, 0.5) is 12.9 Å². The maximum atomic E-state index is 12.2. The molecule has 1 heterocycles. The van der Waals surface area contributed by atoms with Gasteiger partial charge < -0.3 is 17.8 Å². The van der Waals surface area contributed by atoms with Gasteiger partial charge in [-0.2, -0.15) is 0 Å². The van der Waals surface area contributed by atoms with E-state index in [9.17, 15) is 12.9 Å². The third-order valence-corrected chi connectivity index (χ3v) is 3.46. The van der Waals surface area contributed by atoms with Crippen molar-refractivity contribution < 1.29 is 12.9 Å². The third-order valence-electron chi connectivity index (χ3n) is 3.46. The van der Waals surface area contributed by atoms with Gasteiger partial charge in [-0.05, 0) is 19.3 Å². The van der Waals surface area contributed by atoms with Crippen LogP contribution in [0.25, 0.3) is 0 Å². The molecule has 1 saturated carbocycles. The van der Waals surface area contributed by atoms with E-state index >= 15 is 0 Å². The van der Waals surface area contributed by atoms with Crippen molar-refractivity contribution in [3.63, 3.8) is 0 Å². The van der Waals surface area contributed by atoms with Crippen molar-refractivity contribution in [3.05, 3.63) is 0 Å². The van der Waals surface area contributed by atoms with Gasteiger partial charge in [0.15, 0.2) is 0 Å². The lowest BCUT2D eigenvalue weighted by atomic mass is 9.89. The maximum absolute atomic E-state index is 12.2. The average molecular weight is 221 g/mol. The quantitative estimate of drug-likeness (QED) is 0.667. The van der Waals surface area contributed by atoms with Crippen LogP contribution in [0.2, 0.25) is 0 Å². The molecule has 6 heteroatoms. The maximum Gasteiger partial charge on any atom is 0.492 e. The van der Waals surface area contributed by atoms with E-state index in [1.807, 2.05) is 0 Å². The minimum atomic E-state index is -4.64. The normalized spacial score (nSPS) is 26.6. The molecule has 0 unspecified atom stereocenters. The van der Waals surface area contributed by atoms with Crippen molar-refractivity contribution in [2.45, 2.75) is 25.3 Å². The summed E-state index contributed by atoms with van der Waals surface area (Å²) in [5.41, 5.74) is 0. The predicted molar refractivity (Wildman–Crippen MR) is 54.7 cm³/mol. The Balaban J connectivity index is 1.72. The van der Waals surface area contributed by atoms with Gasteiger partial charge in [-0.3, -0.25) is 4.90 Å². The van der Waals surface area contributed by atoms with Crippen LogP contribution in [0.15, 0.2) is 0 Å². The van der Waals surface area contributed by atoms with Gasteiger partial charge in [0.2, 0.25) is 0 Å². The average Bonchev–Trinajstić information content (AvgIpc) is 2.02. The first-order valence-electron chi connectivity index (χ1n) is 5.72. The summed E-state index contributed by atoms with van der Waals surface area (Å²) >= 11 is 0. The van der Waals surface area contributed by atoms with Gasteiger partial charge in [0, 0.05) is 32.2 Å². The standard InChI is InChI=1S/C9H17BF3N2/c11-10(12,13)8-14-4-6-15(7-5-14)9-2-1-3-9/h9H,1-8H2/q-1. The summed E-state index contributed by atoms with van der Waals surface area (Å²) in [6.45, 7) is -1.85. The van der Waals surface area contributed by atoms with Crippen LogP contribution in [0.3, 0.4) is 0 Å². The number of piperazine rings is 1. The number of rotatable bonds is 3. The Morgan fingerprint density at radius 1 is 1.00 bits per heavy atom. The fraction of sp³-hybridized carbons (Fsp3) is 1.00. The fourth-order valence-electron chi connectivity index (χ4n) is 2.36. The highest BCUT2D eigenvalue weighted by Crippen LogP contribution is 2.25. The van der Waals surface area contributed by atoms with Crippen molar-refractivity contribution in [3.8, 4) is 0 Å². The van der Waals surface area contributed by atoms with Gasteiger partial charge in [0.05, 0.1) is 0 Å². The SMILES string of the molecule is F[B-](F)(F)CN1CCN(C2CCC2)CC1. The summed E-state index contributed by atoms with van der Waals surface area (Å²) in [5, 5.41) is 0. The first-order valence-corrected chi connectivity index (χ1v) is 5.72.